The van der Waals surface area contributed by atoms with Gasteiger partial charge in [0.25, 0.3) is 0 Å². The van der Waals surface area contributed by atoms with Gasteiger partial charge in [-0.2, -0.15) is 5.10 Å². The maximum Gasteiger partial charge on any atom is 0.247 e. The van der Waals surface area contributed by atoms with Gasteiger partial charge in [-0.1, -0.05) is 24.8 Å². The third-order valence-corrected chi connectivity index (χ3v) is 6.08. The van der Waals surface area contributed by atoms with E-state index < -0.39 is 0 Å². The van der Waals surface area contributed by atoms with Crippen molar-refractivity contribution in [3.63, 3.8) is 0 Å². The molecule has 0 fully saturated rings. The maximum atomic E-state index is 12.2. The minimum absolute atomic E-state index is 0.292. The average Bonchev–Trinajstić information content (AvgIpc) is 3.24. The van der Waals surface area contributed by atoms with Crippen molar-refractivity contribution in [3.8, 4) is 11.4 Å². The number of rotatable bonds is 10. The summed E-state index contributed by atoms with van der Waals surface area (Å²) in [7, 11) is 7.65. The molecule has 0 radical (unpaired) electrons. The van der Waals surface area contributed by atoms with E-state index in [2.05, 4.69) is 38.1 Å². The molecule has 0 aliphatic heterocycles. The highest BCUT2D eigenvalue weighted by molar-refractivity contribution is 6.02. The molecule has 0 aliphatic carbocycles. The molecule has 0 aliphatic rings. The van der Waals surface area contributed by atoms with Crippen LogP contribution < -0.4 is 20.3 Å². The molecule has 192 valence electrons. The Labute approximate surface area is 217 Å². The number of nitrogens with zero attached hydrogens (tertiary/aromatic N) is 5. The quantitative estimate of drug-likeness (QED) is 0.308. The molecule has 2 N–H and O–H groups in total. The number of ether oxygens (including phenoxy) is 1. The van der Waals surface area contributed by atoms with E-state index in [9.17, 15) is 4.79 Å². The molecule has 4 rings (SSSR count). The van der Waals surface area contributed by atoms with Crippen LogP contribution in [0.3, 0.4) is 0 Å². The van der Waals surface area contributed by atoms with Crippen LogP contribution in [0, 0.1) is 6.92 Å². The molecule has 0 bridgehead atoms. The molecule has 2 heterocycles. The number of carbonyl (C=O) groups is 1. The number of hydrogen-bond acceptors (Lipinski definition) is 7. The van der Waals surface area contributed by atoms with Gasteiger partial charge in [-0.05, 0) is 45.3 Å². The van der Waals surface area contributed by atoms with Crippen molar-refractivity contribution in [1.82, 2.24) is 19.7 Å². The number of anilines is 4. The third-order valence-electron chi connectivity index (χ3n) is 6.08. The van der Waals surface area contributed by atoms with Gasteiger partial charge >= 0.3 is 0 Å². The second-order valence-electron chi connectivity index (χ2n) is 9.03. The number of carbonyl (C=O) groups excluding carboxylic acids is 1. The van der Waals surface area contributed by atoms with Crippen LogP contribution in [0.1, 0.15) is 5.69 Å². The lowest BCUT2D eigenvalue weighted by Crippen LogP contribution is -2.29. The molecule has 2 aromatic carbocycles. The number of amides is 1. The topological polar surface area (TPSA) is 87.5 Å². The van der Waals surface area contributed by atoms with Crippen molar-refractivity contribution in [1.29, 1.82) is 0 Å². The van der Waals surface area contributed by atoms with E-state index >= 15 is 0 Å². The number of nitrogens with one attached hydrogen (secondary N) is 2. The molecule has 1 amide bonds. The minimum Gasteiger partial charge on any atom is -0.494 e. The molecular formula is C28H33N7O2. The molecule has 0 spiro atoms. The highest BCUT2D eigenvalue weighted by Crippen LogP contribution is 2.38. The van der Waals surface area contributed by atoms with E-state index in [-0.39, 0.29) is 5.91 Å². The average molecular weight is 500 g/mol. The van der Waals surface area contributed by atoms with Crippen LogP contribution in [0.15, 0.2) is 67.4 Å². The van der Waals surface area contributed by atoms with E-state index in [4.69, 9.17) is 9.84 Å². The van der Waals surface area contributed by atoms with Gasteiger partial charge in [0, 0.05) is 43.9 Å². The summed E-state index contributed by atoms with van der Waals surface area (Å²) in [6.07, 6.45) is 2.99. The first kappa shape index (κ1) is 25.7. The number of likely N-dealkylation sites (N-methyl/N-ethyl adjacent to an activating group) is 2. The summed E-state index contributed by atoms with van der Waals surface area (Å²) in [6, 6.07) is 15.7. The van der Waals surface area contributed by atoms with E-state index in [1.54, 1.807) is 13.3 Å². The molecule has 0 atom stereocenters. The number of methoxy groups -OCH3 is 1. The van der Waals surface area contributed by atoms with Crippen molar-refractivity contribution < 1.29 is 9.53 Å². The fraction of sp³-hybridized carbons (Fsp3) is 0.250. The number of para-hydroxylation sites is 1. The van der Waals surface area contributed by atoms with Gasteiger partial charge in [0.2, 0.25) is 5.91 Å². The number of hydrogen-bond donors (Lipinski definition) is 2. The third kappa shape index (κ3) is 5.73. The van der Waals surface area contributed by atoms with Crippen molar-refractivity contribution >= 4 is 39.7 Å². The zero-order chi connectivity index (χ0) is 26.5. The molecule has 4 aromatic rings. The number of aryl methyl sites for hydroxylation is 1. The second-order valence-corrected chi connectivity index (χ2v) is 9.03. The maximum absolute atomic E-state index is 12.2. The monoisotopic (exact) mass is 499 g/mol. The van der Waals surface area contributed by atoms with Crippen LogP contribution in [0.2, 0.25) is 0 Å². The van der Waals surface area contributed by atoms with Gasteiger partial charge in [0.1, 0.15) is 11.6 Å². The first-order chi connectivity index (χ1) is 17.8. The predicted molar refractivity (Wildman–Crippen MR) is 151 cm³/mol. The summed E-state index contributed by atoms with van der Waals surface area (Å²) in [5.74, 6) is 0.943. The largest absolute Gasteiger partial charge is 0.494 e. The van der Waals surface area contributed by atoms with Crippen LogP contribution in [0.25, 0.3) is 16.6 Å². The normalized spacial score (nSPS) is 11.0. The standard InChI is InChI=1S/C28H33N7O2/c1-7-28(36)31-22-17-23(26(37-6)18-25(22)34(5)15-14-33(3)4)30-27-16-20(12-13-29-27)35-24-11-9-8-10-21(24)19(2)32-35/h7-13,16-18H,1,14-15H2,2-6H3,(H,29,30)(H,31,36). The smallest absolute Gasteiger partial charge is 0.247 e. The Morgan fingerprint density at radius 2 is 1.89 bits per heavy atom. The minimum atomic E-state index is -0.292. The lowest BCUT2D eigenvalue weighted by Gasteiger charge is -2.26. The Hall–Kier alpha value is -4.37. The molecule has 0 unspecified atom stereocenters. The highest BCUT2D eigenvalue weighted by atomic mass is 16.5. The second kappa shape index (κ2) is 11.1. The molecule has 0 saturated carbocycles. The molecule has 9 heteroatoms. The van der Waals surface area contributed by atoms with Crippen LogP contribution >= 0.6 is 0 Å². The summed E-state index contributed by atoms with van der Waals surface area (Å²) in [5, 5.41) is 12.1. The van der Waals surface area contributed by atoms with Gasteiger partial charge in [0.15, 0.2) is 0 Å². The molecular weight excluding hydrogens is 466 g/mol. The summed E-state index contributed by atoms with van der Waals surface area (Å²) < 4.78 is 7.63. The zero-order valence-electron chi connectivity index (χ0n) is 21.9. The lowest BCUT2D eigenvalue weighted by molar-refractivity contribution is -0.111. The fourth-order valence-corrected chi connectivity index (χ4v) is 4.08. The lowest BCUT2D eigenvalue weighted by atomic mass is 10.2. The zero-order valence-corrected chi connectivity index (χ0v) is 21.9. The van der Waals surface area contributed by atoms with E-state index in [0.717, 1.165) is 41.1 Å². The Morgan fingerprint density at radius 1 is 1.11 bits per heavy atom. The van der Waals surface area contributed by atoms with E-state index in [0.29, 0.717) is 22.9 Å². The summed E-state index contributed by atoms with van der Waals surface area (Å²) in [6.45, 7) is 7.20. The van der Waals surface area contributed by atoms with Crippen molar-refractivity contribution in [2.24, 2.45) is 0 Å². The van der Waals surface area contributed by atoms with Crippen molar-refractivity contribution in [2.45, 2.75) is 6.92 Å². The summed E-state index contributed by atoms with van der Waals surface area (Å²) >= 11 is 0. The number of fused-ring (bicyclic) bond motifs is 1. The van der Waals surface area contributed by atoms with Gasteiger partial charge in [-0.3, -0.25) is 4.79 Å². The Balaban J connectivity index is 1.71. The first-order valence-electron chi connectivity index (χ1n) is 12.0. The van der Waals surface area contributed by atoms with Gasteiger partial charge in [-0.15, -0.1) is 0 Å². The van der Waals surface area contributed by atoms with Gasteiger partial charge < -0.3 is 25.2 Å². The van der Waals surface area contributed by atoms with Gasteiger partial charge in [0.05, 0.1) is 41.1 Å². The Kier molecular flexibility index (Phi) is 7.74. The van der Waals surface area contributed by atoms with Crippen LogP contribution in [0.5, 0.6) is 5.75 Å². The molecule has 0 saturated heterocycles. The first-order valence-corrected chi connectivity index (χ1v) is 12.0. The highest BCUT2D eigenvalue weighted by Gasteiger charge is 2.17. The van der Waals surface area contributed by atoms with Crippen LogP contribution in [0.4, 0.5) is 22.9 Å². The van der Waals surface area contributed by atoms with E-state index in [1.165, 1.54) is 6.08 Å². The van der Waals surface area contributed by atoms with Crippen LogP contribution in [-0.2, 0) is 4.79 Å². The Morgan fingerprint density at radius 3 is 2.62 bits per heavy atom. The molecule has 2 aromatic heterocycles. The van der Waals surface area contributed by atoms with Crippen molar-refractivity contribution in [3.05, 3.63) is 73.1 Å². The molecule has 37 heavy (non-hydrogen) atoms. The number of benzene rings is 2. The fourth-order valence-electron chi connectivity index (χ4n) is 4.08. The van der Waals surface area contributed by atoms with Gasteiger partial charge in [-0.25, -0.2) is 9.67 Å². The SMILES string of the molecule is C=CC(=O)Nc1cc(Nc2cc(-n3nc(C)c4ccccc43)ccn2)c(OC)cc1N(C)CCN(C)C. The number of pyridine rings is 1. The predicted octanol–water partition coefficient (Wildman–Crippen LogP) is 4.60. The van der Waals surface area contributed by atoms with Crippen LogP contribution in [-0.4, -0.2) is 66.9 Å². The summed E-state index contributed by atoms with van der Waals surface area (Å²) in [5.41, 5.74) is 4.99. The number of aromatic nitrogens is 3. The van der Waals surface area contributed by atoms with Crippen molar-refractivity contribution in [2.75, 3.05) is 56.9 Å². The summed E-state index contributed by atoms with van der Waals surface area (Å²) in [4.78, 5) is 20.9. The van der Waals surface area contributed by atoms with E-state index in [1.807, 2.05) is 75.2 Å². The Bertz CT molecular complexity index is 1430. The molecule has 9 nitrogen and oxygen atoms in total.